The zero-order valence-corrected chi connectivity index (χ0v) is 18.0. The normalized spacial score (nSPS) is 22.3. The average molecular weight is 426 g/mol. The lowest BCUT2D eigenvalue weighted by molar-refractivity contribution is -0.130. The first-order valence-electron chi connectivity index (χ1n) is 11.2. The van der Waals surface area contributed by atoms with Crippen LogP contribution in [0.4, 0.5) is 5.95 Å². The molecule has 1 aliphatic heterocycles. The van der Waals surface area contributed by atoms with Crippen molar-refractivity contribution >= 4 is 28.7 Å². The van der Waals surface area contributed by atoms with Crippen molar-refractivity contribution in [2.75, 3.05) is 25.0 Å². The maximum Gasteiger partial charge on any atom is 0.251 e. The summed E-state index contributed by atoms with van der Waals surface area (Å²) in [5, 5.41) is 16.9. The van der Waals surface area contributed by atoms with Gasteiger partial charge in [0.25, 0.3) is 5.91 Å². The molecule has 0 bridgehead atoms. The Morgan fingerprint density at radius 3 is 2.58 bits per heavy atom. The van der Waals surface area contributed by atoms with Gasteiger partial charge < -0.3 is 20.6 Å². The van der Waals surface area contributed by atoms with E-state index < -0.39 is 0 Å². The van der Waals surface area contributed by atoms with Crippen LogP contribution in [0.5, 0.6) is 0 Å². The van der Waals surface area contributed by atoms with Gasteiger partial charge in [0.15, 0.2) is 0 Å². The number of carbonyl (C=O) groups is 2. The van der Waals surface area contributed by atoms with Crippen molar-refractivity contribution in [2.24, 2.45) is 5.92 Å². The molecule has 1 saturated carbocycles. The van der Waals surface area contributed by atoms with Crippen molar-refractivity contribution in [1.29, 1.82) is 0 Å². The maximum absolute atomic E-state index is 12.7. The number of nitrogens with one attached hydrogen (secondary N) is 2. The number of carbonyl (C=O) groups excluding carboxylic acids is 2. The highest BCUT2D eigenvalue weighted by Gasteiger charge is 2.22. The third kappa shape index (κ3) is 5.50. The average Bonchev–Trinajstić information content (AvgIpc) is 2.78. The molecule has 2 aromatic rings. The number of aliphatic hydroxyl groups is 1. The summed E-state index contributed by atoms with van der Waals surface area (Å²) in [6, 6.07) is 5.74. The number of hydrogen-bond acceptors (Lipinski definition) is 6. The zero-order chi connectivity index (χ0) is 21.8. The maximum atomic E-state index is 12.7. The molecule has 0 radical (unpaired) electrons. The summed E-state index contributed by atoms with van der Waals surface area (Å²) in [7, 11) is 0. The second-order valence-corrected chi connectivity index (χ2v) is 8.78. The summed E-state index contributed by atoms with van der Waals surface area (Å²) in [5.41, 5.74) is 1.31. The van der Waals surface area contributed by atoms with Crippen molar-refractivity contribution < 1.29 is 14.7 Å². The molecule has 3 N–H and O–H groups in total. The molecular weight excluding hydrogens is 394 g/mol. The number of piperidine rings is 1. The Balaban J connectivity index is 1.35. The van der Waals surface area contributed by atoms with Crippen molar-refractivity contribution in [2.45, 2.75) is 57.6 Å². The van der Waals surface area contributed by atoms with Gasteiger partial charge in [-0.25, -0.2) is 9.97 Å². The predicted molar refractivity (Wildman–Crippen MR) is 119 cm³/mol. The highest BCUT2D eigenvalue weighted by molar-refractivity contribution is 5.97. The summed E-state index contributed by atoms with van der Waals surface area (Å²) in [6.07, 6.45) is 6.79. The molecule has 8 heteroatoms. The SMILES string of the molecule is CC(=O)N1CCC(CNC(=O)c2ccc3cnc(N[C@H]4CC[C@H](O)CC4)nc3c2)CC1. The van der Waals surface area contributed by atoms with Gasteiger partial charge in [-0.2, -0.15) is 0 Å². The Hall–Kier alpha value is -2.74. The predicted octanol–water partition coefficient (Wildman–Crippen LogP) is 2.33. The van der Waals surface area contributed by atoms with Crippen molar-refractivity contribution in [1.82, 2.24) is 20.2 Å². The molecule has 1 saturated heterocycles. The standard InChI is InChI=1S/C23H31N5O3/c1-15(29)28-10-8-16(9-11-28)13-24-22(31)17-2-3-18-14-25-23(27-21(18)12-17)26-19-4-6-20(30)7-5-19/h2-3,12,14,16,19-20,30H,4-11,13H2,1H3,(H,24,31)(H,25,26,27)/t19-,20-. The molecule has 4 rings (SSSR count). The summed E-state index contributed by atoms with van der Waals surface area (Å²) in [4.78, 5) is 35.0. The fourth-order valence-electron chi connectivity index (χ4n) is 4.43. The summed E-state index contributed by atoms with van der Waals surface area (Å²) < 4.78 is 0. The van der Waals surface area contributed by atoms with Gasteiger partial charge in [-0.1, -0.05) is 6.07 Å². The van der Waals surface area contributed by atoms with E-state index in [0.29, 0.717) is 24.0 Å². The molecule has 1 aromatic carbocycles. The Labute approximate surface area is 182 Å². The molecule has 166 valence electrons. The zero-order valence-electron chi connectivity index (χ0n) is 18.0. The first-order valence-corrected chi connectivity index (χ1v) is 11.2. The Bertz CT molecular complexity index is 934. The third-order valence-corrected chi connectivity index (χ3v) is 6.49. The van der Waals surface area contributed by atoms with E-state index in [0.717, 1.165) is 62.5 Å². The lowest BCUT2D eigenvalue weighted by Crippen LogP contribution is -2.40. The highest BCUT2D eigenvalue weighted by Crippen LogP contribution is 2.22. The summed E-state index contributed by atoms with van der Waals surface area (Å²) in [5.74, 6) is 0.969. The van der Waals surface area contributed by atoms with E-state index in [1.54, 1.807) is 25.3 Å². The second-order valence-electron chi connectivity index (χ2n) is 8.78. The topological polar surface area (TPSA) is 107 Å². The molecule has 0 atom stereocenters. The lowest BCUT2D eigenvalue weighted by atomic mass is 9.93. The third-order valence-electron chi connectivity index (χ3n) is 6.49. The first-order chi connectivity index (χ1) is 15.0. The fourth-order valence-corrected chi connectivity index (χ4v) is 4.43. The second kappa shape index (κ2) is 9.60. The highest BCUT2D eigenvalue weighted by atomic mass is 16.3. The van der Waals surface area contributed by atoms with Gasteiger partial charge in [-0.3, -0.25) is 9.59 Å². The van der Waals surface area contributed by atoms with E-state index in [2.05, 4.69) is 20.6 Å². The minimum Gasteiger partial charge on any atom is -0.393 e. The Morgan fingerprint density at radius 1 is 1.13 bits per heavy atom. The largest absolute Gasteiger partial charge is 0.393 e. The van der Waals surface area contributed by atoms with E-state index in [1.807, 2.05) is 11.0 Å². The number of anilines is 1. The Morgan fingerprint density at radius 2 is 1.87 bits per heavy atom. The Kier molecular flexibility index (Phi) is 6.65. The van der Waals surface area contributed by atoms with Crippen LogP contribution in [0.2, 0.25) is 0 Å². The number of benzene rings is 1. The summed E-state index contributed by atoms with van der Waals surface area (Å²) >= 11 is 0. The van der Waals surface area contributed by atoms with Crippen LogP contribution in [0.15, 0.2) is 24.4 Å². The molecule has 2 fully saturated rings. The van der Waals surface area contributed by atoms with Gasteiger partial charge >= 0.3 is 0 Å². The number of fused-ring (bicyclic) bond motifs is 1. The molecular formula is C23H31N5O3. The van der Waals surface area contributed by atoms with Crippen molar-refractivity contribution in [3.05, 3.63) is 30.0 Å². The number of aliphatic hydroxyl groups excluding tert-OH is 1. The number of rotatable bonds is 5. The van der Waals surface area contributed by atoms with Gasteiger partial charge in [0.2, 0.25) is 11.9 Å². The number of likely N-dealkylation sites (tertiary alicyclic amines) is 1. The number of hydrogen-bond donors (Lipinski definition) is 3. The minimum atomic E-state index is -0.196. The van der Waals surface area contributed by atoms with Crippen LogP contribution in [0.3, 0.4) is 0 Å². The molecule has 1 aliphatic carbocycles. The number of aromatic nitrogens is 2. The van der Waals surface area contributed by atoms with Gasteiger partial charge in [-0.05, 0) is 56.6 Å². The van der Waals surface area contributed by atoms with E-state index in [9.17, 15) is 14.7 Å². The summed E-state index contributed by atoms with van der Waals surface area (Å²) in [6.45, 7) is 3.75. The number of amides is 2. The quantitative estimate of drug-likeness (QED) is 0.679. The van der Waals surface area contributed by atoms with E-state index in [4.69, 9.17) is 0 Å². The lowest BCUT2D eigenvalue weighted by Gasteiger charge is -2.31. The smallest absolute Gasteiger partial charge is 0.251 e. The van der Waals surface area contributed by atoms with Gasteiger partial charge in [0.05, 0.1) is 11.6 Å². The van der Waals surface area contributed by atoms with Crippen LogP contribution in [-0.4, -0.2) is 63.6 Å². The molecule has 2 heterocycles. The molecule has 2 amide bonds. The molecule has 8 nitrogen and oxygen atoms in total. The molecule has 0 spiro atoms. The van der Waals surface area contributed by atoms with Crippen LogP contribution in [0, 0.1) is 5.92 Å². The van der Waals surface area contributed by atoms with Crippen LogP contribution in [0.25, 0.3) is 10.9 Å². The van der Waals surface area contributed by atoms with E-state index in [-0.39, 0.29) is 24.0 Å². The van der Waals surface area contributed by atoms with Gasteiger partial charge in [0, 0.05) is 49.7 Å². The van der Waals surface area contributed by atoms with Crippen LogP contribution < -0.4 is 10.6 Å². The van der Waals surface area contributed by atoms with E-state index in [1.165, 1.54) is 0 Å². The first kappa shape index (κ1) is 21.5. The number of nitrogens with zero attached hydrogens (tertiary/aromatic N) is 3. The van der Waals surface area contributed by atoms with Gasteiger partial charge in [-0.15, -0.1) is 0 Å². The fraction of sp³-hybridized carbons (Fsp3) is 0.565. The van der Waals surface area contributed by atoms with E-state index >= 15 is 0 Å². The van der Waals surface area contributed by atoms with Crippen LogP contribution in [0.1, 0.15) is 55.8 Å². The van der Waals surface area contributed by atoms with Crippen LogP contribution in [-0.2, 0) is 4.79 Å². The molecule has 1 aromatic heterocycles. The van der Waals surface area contributed by atoms with Crippen molar-refractivity contribution in [3.8, 4) is 0 Å². The molecule has 31 heavy (non-hydrogen) atoms. The monoisotopic (exact) mass is 425 g/mol. The minimum absolute atomic E-state index is 0.106. The van der Waals surface area contributed by atoms with Crippen LogP contribution >= 0.6 is 0 Å². The molecule has 2 aliphatic rings. The van der Waals surface area contributed by atoms with Crippen molar-refractivity contribution in [3.63, 3.8) is 0 Å². The van der Waals surface area contributed by atoms with Gasteiger partial charge in [0.1, 0.15) is 0 Å². The molecule has 0 unspecified atom stereocenters.